The van der Waals surface area contributed by atoms with Gasteiger partial charge in [-0.05, 0) is 17.5 Å². The fourth-order valence-corrected chi connectivity index (χ4v) is 1.45. The van der Waals surface area contributed by atoms with Crippen molar-refractivity contribution in [3.63, 3.8) is 0 Å². The predicted octanol–water partition coefficient (Wildman–Crippen LogP) is 1.53. The summed E-state index contributed by atoms with van der Waals surface area (Å²) in [6.45, 7) is 3.68. The van der Waals surface area contributed by atoms with Crippen LogP contribution in [0, 0.1) is 0 Å². The molecule has 0 saturated heterocycles. The van der Waals surface area contributed by atoms with E-state index >= 15 is 0 Å². The number of ether oxygens (including phenoxy) is 2. The van der Waals surface area contributed by atoms with Gasteiger partial charge in [0.2, 0.25) is 5.91 Å². The highest BCUT2D eigenvalue weighted by Crippen LogP contribution is 2.04. The van der Waals surface area contributed by atoms with E-state index in [4.69, 9.17) is 9.47 Å². The minimum absolute atomic E-state index is 0.0798. The molecule has 0 aliphatic carbocycles. The lowest BCUT2D eigenvalue weighted by Gasteiger charge is -2.06. The van der Waals surface area contributed by atoms with E-state index in [-0.39, 0.29) is 12.5 Å². The van der Waals surface area contributed by atoms with Gasteiger partial charge in [0.1, 0.15) is 6.61 Å². The van der Waals surface area contributed by atoms with Crippen molar-refractivity contribution in [1.82, 2.24) is 5.32 Å². The van der Waals surface area contributed by atoms with Crippen LogP contribution in [0.2, 0.25) is 0 Å². The van der Waals surface area contributed by atoms with Gasteiger partial charge in [0.15, 0.2) is 0 Å². The first-order chi connectivity index (χ1) is 8.76. The fraction of sp³-hybridized carbons (Fsp3) is 0.500. The number of rotatable bonds is 8. The van der Waals surface area contributed by atoms with E-state index in [1.165, 1.54) is 5.56 Å². The molecule has 4 heteroatoms. The van der Waals surface area contributed by atoms with Gasteiger partial charge in [-0.3, -0.25) is 4.79 Å². The molecular formula is C14H21NO3. The zero-order chi connectivity index (χ0) is 13.2. The quantitative estimate of drug-likeness (QED) is 0.713. The normalized spacial score (nSPS) is 10.3. The Labute approximate surface area is 108 Å². The maximum absolute atomic E-state index is 11.4. The highest BCUT2D eigenvalue weighted by molar-refractivity contribution is 5.77. The Bertz CT molecular complexity index is 349. The second-order valence-corrected chi connectivity index (χ2v) is 3.99. The van der Waals surface area contributed by atoms with Crippen molar-refractivity contribution in [3.05, 3.63) is 35.4 Å². The van der Waals surface area contributed by atoms with Crippen molar-refractivity contribution in [3.8, 4) is 0 Å². The lowest BCUT2D eigenvalue weighted by Crippen LogP contribution is -2.27. The van der Waals surface area contributed by atoms with Crippen LogP contribution in [0.1, 0.15) is 18.1 Å². The van der Waals surface area contributed by atoms with E-state index in [1.54, 1.807) is 7.11 Å². The fourth-order valence-electron chi connectivity index (χ4n) is 1.45. The topological polar surface area (TPSA) is 47.6 Å². The maximum Gasteiger partial charge on any atom is 0.246 e. The number of nitrogens with one attached hydrogen (secondary N) is 1. The molecular weight excluding hydrogens is 230 g/mol. The standard InChI is InChI=1S/C14H21NO3/c1-3-12-4-6-13(7-5-12)10-15-14(16)11-18-9-8-17-2/h4-7H,3,8-11H2,1-2H3,(H,15,16). The monoisotopic (exact) mass is 251 g/mol. The molecule has 0 spiro atoms. The molecule has 1 rings (SSSR count). The summed E-state index contributed by atoms with van der Waals surface area (Å²) < 4.78 is 9.94. The number of carbonyl (C=O) groups is 1. The minimum atomic E-state index is -0.106. The molecule has 18 heavy (non-hydrogen) atoms. The van der Waals surface area contributed by atoms with Gasteiger partial charge in [0.25, 0.3) is 0 Å². The van der Waals surface area contributed by atoms with E-state index < -0.39 is 0 Å². The van der Waals surface area contributed by atoms with Gasteiger partial charge in [-0.1, -0.05) is 31.2 Å². The first-order valence-electron chi connectivity index (χ1n) is 6.17. The third kappa shape index (κ3) is 5.80. The molecule has 100 valence electrons. The van der Waals surface area contributed by atoms with Gasteiger partial charge in [-0.2, -0.15) is 0 Å². The molecule has 0 atom stereocenters. The molecule has 0 aromatic heterocycles. The van der Waals surface area contributed by atoms with Crippen molar-refractivity contribution >= 4 is 5.91 Å². The molecule has 0 radical (unpaired) electrons. The number of benzene rings is 1. The van der Waals surface area contributed by atoms with Crippen LogP contribution in [-0.2, 0) is 27.2 Å². The van der Waals surface area contributed by atoms with Crippen LogP contribution in [-0.4, -0.2) is 32.8 Å². The van der Waals surface area contributed by atoms with Crippen LogP contribution in [0.4, 0.5) is 0 Å². The predicted molar refractivity (Wildman–Crippen MR) is 70.4 cm³/mol. The third-order valence-corrected chi connectivity index (χ3v) is 2.59. The Hall–Kier alpha value is -1.39. The highest BCUT2D eigenvalue weighted by Gasteiger charge is 2.01. The molecule has 0 bridgehead atoms. The smallest absolute Gasteiger partial charge is 0.246 e. The van der Waals surface area contributed by atoms with Crippen LogP contribution < -0.4 is 5.32 Å². The summed E-state index contributed by atoms with van der Waals surface area (Å²) in [5.74, 6) is -0.106. The number of methoxy groups -OCH3 is 1. The molecule has 1 aromatic carbocycles. The lowest BCUT2D eigenvalue weighted by molar-refractivity contribution is -0.126. The molecule has 0 aliphatic heterocycles. The number of amides is 1. The van der Waals surface area contributed by atoms with Crippen molar-refractivity contribution in [2.45, 2.75) is 19.9 Å². The van der Waals surface area contributed by atoms with E-state index in [2.05, 4.69) is 24.4 Å². The van der Waals surface area contributed by atoms with Crippen LogP contribution >= 0.6 is 0 Å². The summed E-state index contributed by atoms with van der Waals surface area (Å²) in [5, 5.41) is 2.81. The second-order valence-electron chi connectivity index (χ2n) is 3.99. The van der Waals surface area contributed by atoms with Crippen molar-refractivity contribution in [2.75, 3.05) is 26.9 Å². The Morgan fingerprint density at radius 2 is 1.83 bits per heavy atom. The first-order valence-corrected chi connectivity index (χ1v) is 6.17. The number of aryl methyl sites for hydroxylation is 1. The second kappa shape index (κ2) is 8.66. The summed E-state index contributed by atoms with van der Waals surface area (Å²) in [5.41, 5.74) is 2.39. The van der Waals surface area contributed by atoms with Crippen molar-refractivity contribution < 1.29 is 14.3 Å². The molecule has 1 amide bonds. The Balaban J connectivity index is 2.20. The number of carbonyl (C=O) groups excluding carboxylic acids is 1. The Morgan fingerprint density at radius 3 is 2.44 bits per heavy atom. The molecule has 0 saturated carbocycles. The summed E-state index contributed by atoms with van der Waals surface area (Å²) in [6.07, 6.45) is 1.03. The minimum Gasteiger partial charge on any atom is -0.382 e. The first kappa shape index (κ1) is 14.7. The van der Waals surface area contributed by atoms with Crippen LogP contribution in [0.15, 0.2) is 24.3 Å². The van der Waals surface area contributed by atoms with Crippen molar-refractivity contribution in [1.29, 1.82) is 0 Å². The third-order valence-electron chi connectivity index (χ3n) is 2.59. The number of hydrogen-bond donors (Lipinski definition) is 1. The summed E-state index contributed by atoms with van der Waals surface area (Å²) in [6, 6.07) is 8.23. The van der Waals surface area contributed by atoms with E-state index in [9.17, 15) is 4.79 Å². The van der Waals surface area contributed by atoms with Gasteiger partial charge in [-0.15, -0.1) is 0 Å². The van der Waals surface area contributed by atoms with Gasteiger partial charge < -0.3 is 14.8 Å². The van der Waals surface area contributed by atoms with Crippen LogP contribution in [0.25, 0.3) is 0 Å². The highest BCUT2D eigenvalue weighted by atomic mass is 16.5. The SMILES string of the molecule is CCc1ccc(CNC(=O)COCCOC)cc1. The molecule has 0 fully saturated rings. The van der Waals surface area contributed by atoms with Gasteiger partial charge in [-0.25, -0.2) is 0 Å². The van der Waals surface area contributed by atoms with Gasteiger partial charge in [0, 0.05) is 13.7 Å². The Morgan fingerprint density at radius 1 is 1.17 bits per heavy atom. The average Bonchev–Trinajstić information content (AvgIpc) is 2.42. The average molecular weight is 251 g/mol. The molecule has 0 unspecified atom stereocenters. The van der Waals surface area contributed by atoms with Crippen LogP contribution in [0.5, 0.6) is 0 Å². The summed E-state index contributed by atoms with van der Waals surface area (Å²) in [4.78, 5) is 11.4. The van der Waals surface area contributed by atoms with Gasteiger partial charge in [0.05, 0.1) is 13.2 Å². The molecule has 4 nitrogen and oxygen atoms in total. The van der Waals surface area contributed by atoms with Crippen molar-refractivity contribution in [2.24, 2.45) is 0 Å². The number of hydrogen-bond acceptors (Lipinski definition) is 3. The van der Waals surface area contributed by atoms with E-state index in [0.717, 1.165) is 12.0 Å². The summed E-state index contributed by atoms with van der Waals surface area (Å²) >= 11 is 0. The zero-order valence-corrected chi connectivity index (χ0v) is 11.1. The van der Waals surface area contributed by atoms with Gasteiger partial charge >= 0.3 is 0 Å². The van der Waals surface area contributed by atoms with Crippen LogP contribution in [0.3, 0.4) is 0 Å². The summed E-state index contributed by atoms with van der Waals surface area (Å²) in [7, 11) is 1.60. The molecule has 0 heterocycles. The Kier molecular flexibility index (Phi) is 7.06. The molecule has 1 N–H and O–H groups in total. The molecule has 1 aromatic rings. The molecule has 0 aliphatic rings. The lowest BCUT2D eigenvalue weighted by atomic mass is 10.1. The largest absolute Gasteiger partial charge is 0.382 e. The van der Waals surface area contributed by atoms with E-state index in [1.807, 2.05) is 12.1 Å². The maximum atomic E-state index is 11.4. The van der Waals surface area contributed by atoms with E-state index in [0.29, 0.717) is 19.8 Å². The zero-order valence-electron chi connectivity index (χ0n) is 11.1.